The molecule has 5 heteroatoms. The van der Waals surface area contributed by atoms with Gasteiger partial charge in [-0.2, -0.15) is 0 Å². The van der Waals surface area contributed by atoms with Crippen LogP contribution in [0.25, 0.3) is 0 Å². The number of carboxylic acid groups (broad SMARTS) is 1. The Morgan fingerprint density at radius 1 is 1.16 bits per heavy atom. The van der Waals surface area contributed by atoms with E-state index in [1.54, 1.807) is 18.7 Å². The summed E-state index contributed by atoms with van der Waals surface area (Å²) in [6.45, 7) is 9.34. The van der Waals surface area contributed by atoms with Crippen LogP contribution < -0.4 is 0 Å². The summed E-state index contributed by atoms with van der Waals surface area (Å²) in [4.78, 5) is 25.2. The molecule has 1 saturated heterocycles. The fraction of sp³-hybridized carbons (Fsp3) is 0.857. The third kappa shape index (κ3) is 3.85. The quantitative estimate of drug-likeness (QED) is 0.838. The first kappa shape index (κ1) is 15.8. The lowest BCUT2D eigenvalue weighted by molar-refractivity contribution is -0.151. The van der Waals surface area contributed by atoms with Crippen LogP contribution in [0.15, 0.2) is 0 Å². The second-order valence-electron chi connectivity index (χ2n) is 6.71. The molecule has 0 aromatic heterocycles. The molecule has 1 heterocycles. The van der Waals surface area contributed by atoms with Gasteiger partial charge in [0.05, 0.1) is 11.5 Å². The monoisotopic (exact) mass is 271 g/mol. The highest BCUT2D eigenvalue weighted by Gasteiger charge is 2.44. The van der Waals surface area contributed by atoms with Crippen LogP contribution in [0.2, 0.25) is 0 Å². The number of nitrogens with zero attached hydrogens (tertiary/aromatic N) is 1. The van der Waals surface area contributed by atoms with E-state index in [4.69, 9.17) is 4.74 Å². The lowest BCUT2D eigenvalue weighted by Gasteiger charge is -2.42. The number of carbonyl (C=O) groups excluding carboxylic acids is 1. The summed E-state index contributed by atoms with van der Waals surface area (Å²) < 4.78 is 5.38. The molecule has 1 atom stereocenters. The number of carbonyl (C=O) groups is 2. The minimum Gasteiger partial charge on any atom is -0.481 e. The molecule has 1 amide bonds. The van der Waals surface area contributed by atoms with Gasteiger partial charge in [0, 0.05) is 6.54 Å². The third-order valence-corrected chi connectivity index (χ3v) is 3.52. The van der Waals surface area contributed by atoms with Crippen molar-refractivity contribution >= 4 is 12.1 Å². The van der Waals surface area contributed by atoms with Crippen molar-refractivity contribution in [2.24, 2.45) is 5.41 Å². The van der Waals surface area contributed by atoms with Crippen molar-refractivity contribution in [2.45, 2.75) is 65.5 Å². The van der Waals surface area contributed by atoms with Crippen LogP contribution in [0.3, 0.4) is 0 Å². The number of aliphatic carboxylic acids is 1. The van der Waals surface area contributed by atoms with Gasteiger partial charge < -0.3 is 14.7 Å². The maximum atomic E-state index is 12.2. The predicted octanol–water partition coefficient (Wildman–Crippen LogP) is 2.89. The zero-order chi connectivity index (χ0) is 14.8. The maximum Gasteiger partial charge on any atom is 0.410 e. The second kappa shape index (κ2) is 5.39. The summed E-state index contributed by atoms with van der Waals surface area (Å²) in [5, 5.41) is 9.35. The Kier molecular flexibility index (Phi) is 4.48. The summed E-state index contributed by atoms with van der Waals surface area (Å²) in [7, 11) is 0. The molecule has 0 bridgehead atoms. The average molecular weight is 271 g/mol. The summed E-state index contributed by atoms with van der Waals surface area (Å²) >= 11 is 0. The topological polar surface area (TPSA) is 66.8 Å². The number of piperidine rings is 1. The first-order chi connectivity index (χ1) is 8.55. The molecule has 0 spiro atoms. The van der Waals surface area contributed by atoms with Gasteiger partial charge in [-0.15, -0.1) is 0 Å². The van der Waals surface area contributed by atoms with Gasteiger partial charge in [-0.1, -0.05) is 0 Å². The number of hydrogen-bond acceptors (Lipinski definition) is 3. The van der Waals surface area contributed by atoms with Crippen LogP contribution in [0.4, 0.5) is 4.79 Å². The number of hydrogen-bond donors (Lipinski definition) is 1. The maximum absolute atomic E-state index is 12.2. The van der Waals surface area contributed by atoms with Crippen LogP contribution in [0.5, 0.6) is 0 Å². The second-order valence-corrected chi connectivity index (χ2v) is 6.71. The van der Waals surface area contributed by atoms with Crippen molar-refractivity contribution in [1.29, 1.82) is 0 Å². The third-order valence-electron chi connectivity index (χ3n) is 3.52. The van der Waals surface area contributed by atoms with Gasteiger partial charge in [0.1, 0.15) is 5.60 Å². The molecule has 1 aliphatic heterocycles. The van der Waals surface area contributed by atoms with Crippen molar-refractivity contribution < 1.29 is 19.4 Å². The molecule has 1 aliphatic rings. The summed E-state index contributed by atoms with van der Waals surface area (Å²) in [6.07, 6.45) is 2.14. The van der Waals surface area contributed by atoms with Gasteiger partial charge in [0.15, 0.2) is 0 Å². The smallest absolute Gasteiger partial charge is 0.410 e. The Morgan fingerprint density at radius 2 is 1.74 bits per heavy atom. The van der Waals surface area contributed by atoms with Gasteiger partial charge in [-0.05, 0) is 53.9 Å². The van der Waals surface area contributed by atoms with E-state index in [1.165, 1.54) is 0 Å². The lowest BCUT2D eigenvalue weighted by atomic mass is 9.79. The van der Waals surface area contributed by atoms with Crippen LogP contribution in [0.1, 0.15) is 53.9 Å². The molecule has 0 radical (unpaired) electrons. The zero-order valence-electron chi connectivity index (χ0n) is 12.5. The number of ether oxygens (including phenoxy) is 1. The summed E-state index contributed by atoms with van der Waals surface area (Å²) in [5.74, 6) is -0.882. The Balaban J connectivity index is 2.90. The standard InChI is InChI=1S/C14H25NO4/c1-13(2,3)19-12(18)15-9-7-6-8-10(15)14(4,5)11(16)17/h10H,6-9H2,1-5H3,(H,16,17)/t10-/m0/s1. The first-order valence-corrected chi connectivity index (χ1v) is 6.79. The van der Waals surface area contributed by atoms with Crippen LogP contribution >= 0.6 is 0 Å². The minimum absolute atomic E-state index is 0.311. The molecule has 1 N–H and O–H groups in total. The van der Waals surface area contributed by atoms with E-state index < -0.39 is 23.1 Å². The number of rotatable bonds is 2. The highest BCUT2D eigenvalue weighted by molar-refractivity contribution is 5.76. The van der Waals surface area contributed by atoms with Crippen molar-refractivity contribution in [1.82, 2.24) is 4.90 Å². The molecular formula is C14H25NO4. The molecule has 1 fully saturated rings. The number of amides is 1. The Bertz CT molecular complexity index is 357. The molecule has 0 aromatic carbocycles. The van der Waals surface area contributed by atoms with Crippen LogP contribution in [-0.4, -0.2) is 40.3 Å². The Morgan fingerprint density at radius 3 is 2.21 bits per heavy atom. The van der Waals surface area contributed by atoms with Gasteiger partial charge in [-0.25, -0.2) is 4.79 Å². The van der Waals surface area contributed by atoms with Gasteiger partial charge in [0.2, 0.25) is 0 Å². The van der Waals surface area contributed by atoms with Crippen LogP contribution in [0, 0.1) is 5.41 Å². The van der Waals surface area contributed by atoms with E-state index in [9.17, 15) is 14.7 Å². The fourth-order valence-corrected chi connectivity index (χ4v) is 2.36. The van der Waals surface area contributed by atoms with Gasteiger partial charge >= 0.3 is 12.1 Å². The molecular weight excluding hydrogens is 246 g/mol. The Labute approximate surface area is 114 Å². The van der Waals surface area contributed by atoms with E-state index in [0.29, 0.717) is 13.0 Å². The highest BCUT2D eigenvalue weighted by Crippen LogP contribution is 2.33. The predicted molar refractivity (Wildman–Crippen MR) is 72.0 cm³/mol. The molecule has 0 unspecified atom stereocenters. The fourth-order valence-electron chi connectivity index (χ4n) is 2.36. The molecule has 5 nitrogen and oxygen atoms in total. The number of carboxylic acids is 1. The lowest BCUT2D eigenvalue weighted by Crippen LogP contribution is -2.54. The Hall–Kier alpha value is -1.26. The summed E-state index contributed by atoms with van der Waals surface area (Å²) in [5.41, 5.74) is -1.52. The molecule has 0 aromatic rings. The van der Waals surface area contributed by atoms with E-state index in [2.05, 4.69) is 0 Å². The SMILES string of the molecule is CC(C)(C)OC(=O)N1CCCC[C@H]1C(C)(C)C(=O)O. The van der Waals surface area contributed by atoms with E-state index in [1.807, 2.05) is 20.8 Å². The van der Waals surface area contributed by atoms with E-state index >= 15 is 0 Å². The number of likely N-dealkylation sites (tertiary alicyclic amines) is 1. The van der Waals surface area contributed by atoms with Crippen LogP contribution in [-0.2, 0) is 9.53 Å². The first-order valence-electron chi connectivity index (χ1n) is 6.79. The van der Waals surface area contributed by atoms with E-state index in [-0.39, 0.29) is 6.04 Å². The average Bonchev–Trinajstić information content (AvgIpc) is 2.26. The van der Waals surface area contributed by atoms with Crippen molar-refractivity contribution in [3.8, 4) is 0 Å². The zero-order valence-corrected chi connectivity index (χ0v) is 12.5. The molecule has 110 valence electrons. The normalized spacial score (nSPS) is 21.1. The van der Waals surface area contributed by atoms with Gasteiger partial charge in [-0.3, -0.25) is 4.79 Å². The highest BCUT2D eigenvalue weighted by atomic mass is 16.6. The molecule has 0 aliphatic carbocycles. The van der Waals surface area contributed by atoms with Crippen molar-refractivity contribution in [3.63, 3.8) is 0 Å². The van der Waals surface area contributed by atoms with Crippen molar-refractivity contribution in [2.75, 3.05) is 6.54 Å². The molecule has 1 rings (SSSR count). The molecule has 19 heavy (non-hydrogen) atoms. The van der Waals surface area contributed by atoms with Gasteiger partial charge in [0.25, 0.3) is 0 Å². The summed E-state index contributed by atoms with van der Waals surface area (Å²) in [6, 6.07) is -0.311. The minimum atomic E-state index is -0.961. The molecule has 0 saturated carbocycles. The van der Waals surface area contributed by atoms with E-state index in [0.717, 1.165) is 12.8 Å². The van der Waals surface area contributed by atoms with Crippen molar-refractivity contribution in [3.05, 3.63) is 0 Å². The largest absolute Gasteiger partial charge is 0.481 e.